The van der Waals surface area contributed by atoms with Crippen molar-refractivity contribution in [3.8, 4) is 0 Å². The summed E-state index contributed by atoms with van der Waals surface area (Å²) in [6.07, 6.45) is 75.0. The molecule has 0 saturated heterocycles. The minimum atomic E-state index is -0.796. The molecule has 386 valence electrons. The Balaban J connectivity index is 4.36. The van der Waals surface area contributed by atoms with E-state index in [9.17, 15) is 14.4 Å². The summed E-state index contributed by atoms with van der Waals surface area (Å²) in [6.45, 7) is 6.40. The molecule has 0 heterocycles. The average molecular weight is 943 g/mol. The highest BCUT2D eigenvalue weighted by Crippen LogP contribution is 2.14. The van der Waals surface area contributed by atoms with Gasteiger partial charge in [-0.3, -0.25) is 14.4 Å². The third kappa shape index (κ3) is 53.0. The lowest BCUT2D eigenvalue weighted by Crippen LogP contribution is -2.30. The van der Waals surface area contributed by atoms with Gasteiger partial charge >= 0.3 is 17.9 Å². The zero-order chi connectivity index (χ0) is 49.3. The second kappa shape index (κ2) is 55.7. The van der Waals surface area contributed by atoms with Crippen molar-refractivity contribution in [2.45, 2.75) is 252 Å². The van der Waals surface area contributed by atoms with Crippen LogP contribution in [0.5, 0.6) is 0 Å². The predicted octanol–water partition coefficient (Wildman–Crippen LogP) is 18.7. The molecule has 0 saturated carbocycles. The molecule has 1 atom stereocenters. The number of hydrogen-bond acceptors (Lipinski definition) is 6. The molecule has 0 N–H and O–H groups in total. The van der Waals surface area contributed by atoms with Crippen LogP contribution in [0.3, 0.4) is 0 Å². The second-order valence-electron chi connectivity index (χ2n) is 18.1. The quantitative estimate of drug-likeness (QED) is 0.0262. The van der Waals surface area contributed by atoms with Crippen molar-refractivity contribution in [2.24, 2.45) is 0 Å². The van der Waals surface area contributed by atoms with Crippen LogP contribution in [-0.2, 0) is 28.6 Å². The first kappa shape index (κ1) is 64.1. The second-order valence-corrected chi connectivity index (χ2v) is 18.1. The van der Waals surface area contributed by atoms with Crippen LogP contribution < -0.4 is 0 Å². The van der Waals surface area contributed by atoms with Crippen molar-refractivity contribution in [3.05, 3.63) is 109 Å². The molecule has 68 heavy (non-hydrogen) atoms. The van der Waals surface area contributed by atoms with E-state index < -0.39 is 6.10 Å². The maximum Gasteiger partial charge on any atom is 0.306 e. The van der Waals surface area contributed by atoms with Crippen molar-refractivity contribution < 1.29 is 28.6 Å². The van der Waals surface area contributed by atoms with Crippen LogP contribution in [0.25, 0.3) is 0 Å². The summed E-state index contributed by atoms with van der Waals surface area (Å²) in [5, 5.41) is 0. The van der Waals surface area contributed by atoms with Gasteiger partial charge in [-0.1, -0.05) is 214 Å². The Labute approximate surface area is 419 Å². The Morgan fingerprint density at radius 2 is 0.603 bits per heavy atom. The van der Waals surface area contributed by atoms with Crippen LogP contribution in [0.2, 0.25) is 0 Å². The van der Waals surface area contributed by atoms with E-state index in [1.165, 1.54) is 51.4 Å². The van der Waals surface area contributed by atoms with E-state index in [1.54, 1.807) is 0 Å². The Hall–Kier alpha value is -3.93. The summed E-state index contributed by atoms with van der Waals surface area (Å²) in [6, 6.07) is 0. The normalized spacial score (nSPS) is 12.9. The highest BCUT2D eigenvalue weighted by atomic mass is 16.6. The molecule has 0 radical (unpaired) electrons. The van der Waals surface area contributed by atoms with Gasteiger partial charge < -0.3 is 14.2 Å². The van der Waals surface area contributed by atoms with E-state index >= 15 is 0 Å². The van der Waals surface area contributed by atoms with Gasteiger partial charge in [-0.05, 0) is 122 Å². The highest BCUT2D eigenvalue weighted by Gasteiger charge is 2.19. The lowest BCUT2D eigenvalue weighted by atomic mass is 10.1. The summed E-state index contributed by atoms with van der Waals surface area (Å²) in [5.74, 6) is -0.935. The molecule has 0 aromatic rings. The van der Waals surface area contributed by atoms with Gasteiger partial charge in [-0.15, -0.1) is 0 Å². The van der Waals surface area contributed by atoms with Crippen molar-refractivity contribution >= 4 is 17.9 Å². The fourth-order valence-electron chi connectivity index (χ4n) is 7.30. The predicted molar refractivity (Wildman–Crippen MR) is 293 cm³/mol. The molecule has 0 aliphatic heterocycles. The number of esters is 3. The largest absolute Gasteiger partial charge is 0.462 e. The van der Waals surface area contributed by atoms with Gasteiger partial charge in [0.2, 0.25) is 0 Å². The Kier molecular flexibility index (Phi) is 52.4. The first-order chi connectivity index (χ1) is 33.5. The summed E-state index contributed by atoms with van der Waals surface area (Å²) >= 11 is 0. The number of unbranched alkanes of at least 4 members (excludes halogenated alkanes) is 20. The molecule has 6 nitrogen and oxygen atoms in total. The SMILES string of the molecule is CC/C=C\C/C=C\C/C=C\C/C=C\C/C=C\C/C=C\CCCCCCCCC(=O)OCC(COC(=O)CCCCCCC/C=C\CCCCC)OC(=O)CCCCCCC/C=C\C/C=C\CCC. The molecule has 0 aromatic carbocycles. The van der Waals surface area contributed by atoms with Gasteiger partial charge in [0.1, 0.15) is 13.2 Å². The lowest BCUT2D eigenvalue weighted by molar-refractivity contribution is -0.167. The Bertz CT molecular complexity index is 1410. The van der Waals surface area contributed by atoms with Gasteiger partial charge in [0, 0.05) is 19.3 Å². The molecule has 0 amide bonds. The first-order valence-corrected chi connectivity index (χ1v) is 27.9. The maximum atomic E-state index is 12.8. The maximum absolute atomic E-state index is 12.8. The van der Waals surface area contributed by atoms with Gasteiger partial charge in [0.25, 0.3) is 0 Å². The Morgan fingerprint density at radius 3 is 0.971 bits per heavy atom. The molecular formula is C62H102O6. The molecule has 6 heteroatoms. The number of carbonyl (C=O) groups is 3. The first-order valence-electron chi connectivity index (χ1n) is 27.9. The molecule has 0 fully saturated rings. The van der Waals surface area contributed by atoms with Crippen molar-refractivity contribution in [2.75, 3.05) is 13.2 Å². The number of rotatable bonds is 49. The van der Waals surface area contributed by atoms with E-state index in [0.29, 0.717) is 19.3 Å². The van der Waals surface area contributed by atoms with Crippen LogP contribution in [0.1, 0.15) is 245 Å². The summed E-state index contributed by atoms with van der Waals surface area (Å²) < 4.78 is 16.8. The third-order valence-corrected chi connectivity index (χ3v) is 11.5. The number of carbonyl (C=O) groups excluding carboxylic acids is 3. The van der Waals surface area contributed by atoms with E-state index in [0.717, 1.165) is 154 Å². The molecular weight excluding hydrogens is 841 g/mol. The average Bonchev–Trinajstić information content (AvgIpc) is 3.34. The molecule has 0 bridgehead atoms. The van der Waals surface area contributed by atoms with Crippen LogP contribution in [-0.4, -0.2) is 37.2 Å². The number of allylic oxidation sites excluding steroid dienone is 18. The van der Waals surface area contributed by atoms with Gasteiger partial charge in [-0.2, -0.15) is 0 Å². The third-order valence-electron chi connectivity index (χ3n) is 11.5. The monoisotopic (exact) mass is 943 g/mol. The standard InChI is InChI=1S/C62H102O6/c1-4-7-10-13-16-19-22-25-26-27-28-29-30-31-32-33-34-35-36-38-40-43-46-49-52-55-61(64)67-58-59(57-66-60(63)54-51-48-45-42-39-24-21-18-15-12-9-6-3)68-62(65)56-53-50-47-44-41-37-23-20-17-14-11-8-5-2/h7,10-11,14,16,18-21,23,25-26,28-29,31-32,34-35,59H,4-6,8-9,12-13,15,17,22,24,27,30,33,36-58H2,1-3H3/b10-7-,14-11-,19-16-,21-18-,23-20-,26-25-,29-28-,32-31-,35-34-. The molecule has 0 rings (SSSR count). The van der Waals surface area contributed by atoms with E-state index in [1.807, 2.05) is 0 Å². The number of hydrogen-bond donors (Lipinski definition) is 0. The molecule has 0 aliphatic rings. The fraction of sp³-hybridized carbons (Fsp3) is 0.661. The van der Waals surface area contributed by atoms with E-state index in [-0.39, 0.29) is 31.1 Å². The molecule has 1 unspecified atom stereocenters. The summed E-state index contributed by atoms with van der Waals surface area (Å²) in [7, 11) is 0. The Morgan fingerprint density at radius 1 is 0.309 bits per heavy atom. The van der Waals surface area contributed by atoms with Crippen molar-refractivity contribution in [1.82, 2.24) is 0 Å². The lowest BCUT2D eigenvalue weighted by Gasteiger charge is -2.18. The van der Waals surface area contributed by atoms with Gasteiger partial charge in [0.05, 0.1) is 0 Å². The minimum absolute atomic E-state index is 0.0943. The minimum Gasteiger partial charge on any atom is -0.462 e. The summed E-state index contributed by atoms with van der Waals surface area (Å²) in [5.41, 5.74) is 0. The zero-order valence-electron chi connectivity index (χ0n) is 44.1. The van der Waals surface area contributed by atoms with Gasteiger partial charge in [0.15, 0.2) is 6.10 Å². The van der Waals surface area contributed by atoms with Gasteiger partial charge in [-0.25, -0.2) is 0 Å². The van der Waals surface area contributed by atoms with Crippen LogP contribution in [0.15, 0.2) is 109 Å². The zero-order valence-corrected chi connectivity index (χ0v) is 44.1. The van der Waals surface area contributed by atoms with Crippen molar-refractivity contribution in [3.63, 3.8) is 0 Å². The highest BCUT2D eigenvalue weighted by molar-refractivity contribution is 5.71. The number of ether oxygens (including phenoxy) is 3. The fourth-order valence-corrected chi connectivity index (χ4v) is 7.30. The van der Waals surface area contributed by atoms with Crippen LogP contribution in [0, 0.1) is 0 Å². The molecule has 0 aromatic heterocycles. The molecule has 0 spiro atoms. The van der Waals surface area contributed by atoms with E-state index in [2.05, 4.69) is 130 Å². The summed E-state index contributed by atoms with van der Waals surface area (Å²) in [4.78, 5) is 38.0. The van der Waals surface area contributed by atoms with Crippen LogP contribution >= 0.6 is 0 Å². The topological polar surface area (TPSA) is 78.9 Å². The van der Waals surface area contributed by atoms with Crippen molar-refractivity contribution in [1.29, 1.82) is 0 Å². The van der Waals surface area contributed by atoms with Crippen LogP contribution in [0.4, 0.5) is 0 Å². The van der Waals surface area contributed by atoms with E-state index in [4.69, 9.17) is 14.2 Å². The smallest absolute Gasteiger partial charge is 0.306 e. The molecule has 0 aliphatic carbocycles.